The molecule has 2 bridgehead atoms. The van der Waals surface area contributed by atoms with E-state index in [4.69, 9.17) is 5.73 Å². The third kappa shape index (κ3) is 3.09. The van der Waals surface area contributed by atoms with E-state index in [1.807, 2.05) is 0 Å². The van der Waals surface area contributed by atoms with Gasteiger partial charge in [-0.05, 0) is 67.2 Å². The van der Waals surface area contributed by atoms with Gasteiger partial charge in [-0.3, -0.25) is 4.79 Å². The molecule has 0 aliphatic heterocycles. The standard InChI is InChI=1S/C26H21F2N5O2/c27-14-7-15-17(11-31-22(15)18(28)8-14)24-32-19-2-1-13(10-29)21(20(19)23(30)33-24)26-5-3-12(4-6-26)16(9-26)25(34)35/h1-2,7-8,11-12,16,31H,3-6,9H2,(H,34,35)(H2,30,32,33)/t12?,16-,26?/m0/s1. The maximum Gasteiger partial charge on any atom is 0.306 e. The van der Waals surface area contributed by atoms with Gasteiger partial charge in [0.05, 0.1) is 28.6 Å². The van der Waals surface area contributed by atoms with Crippen molar-refractivity contribution in [2.24, 2.45) is 11.8 Å². The molecule has 7 rings (SSSR count). The Bertz CT molecular complexity index is 1580. The smallest absolute Gasteiger partial charge is 0.306 e. The third-order valence-electron chi connectivity index (χ3n) is 7.97. The SMILES string of the molecule is N#Cc1ccc2nc(-c3c[nH]c4c(F)cc(F)cc34)nc(N)c2c1C12CCC(CC1)[C@@H](C(=O)O)C2. The Labute approximate surface area is 198 Å². The first-order valence-corrected chi connectivity index (χ1v) is 11.5. The van der Waals surface area contributed by atoms with Crippen molar-refractivity contribution in [1.29, 1.82) is 5.26 Å². The summed E-state index contributed by atoms with van der Waals surface area (Å²) in [5.74, 6) is -2.20. The first kappa shape index (κ1) is 21.5. The third-order valence-corrected chi connectivity index (χ3v) is 7.97. The molecule has 0 spiro atoms. The Balaban J connectivity index is 1.57. The predicted molar refractivity (Wildman–Crippen MR) is 125 cm³/mol. The van der Waals surface area contributed by atoms with Crippen molar-refractivity contribution in [3.8, 4) is 17.5 Å². The van der Waals surface area contributed by atoms with Crippen LogP contribution in [0.5, 0.6) is 0 Å². The maximum atomic E-state index is 14.2. The number of fused-ring (bicyclic) bond motifs is 5. The number of anilines is 1. The lowest BCUT2D eigenvalue weighted by molar-refractivity contribution is -0.148. The van der Waals surface area contributed by atoms with Crippen molar-refractivity contribution >= 4 is 33.6 Å². The van der Waals surface area contributed by atoms with Gasteiger partial charge in [-0.2, -0.15) is 5.26 Å². The van der Waals surface area contributed by atoms with E-state index in [0.29, 0.717) is 33.8 Å². The van der Waals surface area contributed by atoms with E-state index in [1.54, 1.807) is 12.1 Å². The molecule has 3 aliphatic carbocycles. The van der Waals surface area contributed by atoms with E-state index < -0.39 is 28.9 Å². The summed E-state index contributed by atoms with van der Waals surface area (Å²) in [7, 11) is 0. The van der Waals surface area contributed by atoms with Crippen molar-refractivity contribution in [3.63, 3.8) is 0 Å². The van der Waals surface area contributed by atoms with Crippen molar-refractivity contribution in [3.05, 3.63) is 53.2 Å². The summed E-state index contributed by atoms with van der Waals surface area (Å²) in [6.45, 7) is 0. The molecule has 3 saturated carbocycles. The first-order chi connectivity index (χ1) is 16.8. The van der Waals surface area contributed by atoms with Gasteiger partial charge in [-0.1, -0.05) is 0 Å². The number of nitrogens with zero attached hydrogens (tertiary/aromatic N) is 3. The van der Waals surface area contributed by atoms with Crippen LogP contribution in [0.3, 0.4) is 0 Å². The number of nitrogens with one attached hydrogen (secondary N) is 1. The van der Waals surface area contributed by atoms with E-state index in [-0.39, 0.29) is 23.1 Å². The first-order valence-electron chi connectivity index (χ1n) is 11.5. The molecule has 7 nitrogen and oxygen atoms in total. The average molecular weight is 473 g/mol. The topological polar surface area (TPSA) is 129 Å². The highest BCUT2D eigenvalue weighted by atomic mass is 19.1. The number of carboxylic acid groups (broad SMARTS) is 1. The Morgan fingerprint density at radius 3 is 2.71 bits per heavy atom. The highest BCUT2D eigenvalue weighted by molar-refractivity contribution is 5.98. The van der Waals surface area contributed by atoms with Crippen molar-refractivity contribution < 1.29 is 18.7 Å². The van der Waals surface area contributed by atoms with Crippen molar-refractivity contribution in [1.82, 2.24) is 15.0 Å². The van der Waals surface area contributed by atoms with Gasteiger partial charge in [0.2, 0.25) is 0 Å². The molecule has 2 heterocycles. The van der Waals surface area contributed by atoms with E-state index in [0.717, 1.165) is 37.3 Å². The fourth-order valence-electron chi connectivity index (χ4n) is 6.39. The zero-order valence-electron chi connectivity index (χ0n) is 18.6. The molecular formula is C26H21F2N5O2. The lowest BCUT2D eigenvalue weighted by Gasteiger charge is -2.50. The second-order valence-electron chi connectivity index (χ2n) is 9.71. The lowest BCUT2D eigenvalue weighted by atomic mass is 9.53. The number of H-pyrrole nitrogens is 1. The second-order valence-corrected chi connectivity index (χ2v) is 9.71. The summed E-state index contributed by atoms with van der Waals surface area (Å²) in [6, 6.07) is 7.66. The summed E-state index contributed by atoms with van der Waals surface area (Å²) in [4.78, 5) is 23.9. The van der Waals surface area contributed by atoms with Gasteiger partial charge >= 0.3 is 5.97 Å². The van der Waals surface area contributed by atoms with Crippen LogP contribution in [0, 0.1) is 34.8 Å². The van der Waals surface area contributed by atoms with E-state index >= 15 is 0 Å². The summed E-state index contributed by atoms with van der Waals surface area (Å²) in [5.41, 5.74) is 8.21. The largest absolute Gasteiger partial charge is 0.481 e. The number of carbonyl (C=O) groups is 1. The predicted octanol–water partition coefficient (Wildman–Crippen LogP) is 5.04. The van der Waals surface area contributed by atoms with Crippen LogP contribution in [0.15, 0.2) is 30.5 Å². The molecule has 0 radical (unpaired) electrons. The van der Waals surface area contributed by atoms with Crippen LogP contribution >= 0.6 is 0 Å². The van der Waals surface area contributed by atoms with Crippen molar-refractivity contribution in [2.75, 3.05) is 5.73 Å². The number of aliphatic carboxylic acids is 1. The van der Waals surface area contributed by atoms with Crippen molar-refractivity contribution in [2.45, 2.75) is 37.5 Å². The van der Waals surface area contributed by atoms with Gasteiger partial charge in [0.15, 0.2) is 5.82 Å². The summed E-state index contributed by atoms with van der Waals surface area (Å²) >= 11 is 0. The maximum absolute atomic E-state index is 14.2. The van der Waals surface area contributed by atoms with Gasteiger partial charge in [-0.25, -0.2) is 18.7 Å². The number of benzene rings is 2. The quantitative estimate of drug-likeness (QED) is 0.382. The summed E-state index contributed by atoms with van der Waals surface area (Å²) in [6.07, 6.45) is 5.07. The van der Waals surface area contributed by atoms with Gasteiger partial charge in [0, 0.05) is 28.6 Å². The molecule has 35 heavy (non-hydrogen) atoms. The highest BCUT2D eigenvalue weighted by Crippen LogP contribution is 2.56. The van der Waals surface area contributed by atoms with Gasteiger partial charge in [0.1, 0.15) is 17.5 Å². The molecule has 3 fully saturated rings. The second kappa shape index (κ2) is 7.47. The number of aromatic nitrogens is 3. The minimum absolute atomic E-state index is 0.141. The molecule has 3 aliphatic rings. The number of rotatable bonds is 3. The number of nitrogens with two attached hydrogens (primary N) is 1. The lowest BCUT2D eigenvalue weighted by Crippen LogP contribution is -2.46. The van der Waals surface area contributed by atoms with Crippen LogP contribution in [0.2, 0.25) is 0 Å². The van der Waals surface area contributed by atoms with Crippen LogP contribution in [0.25, 0.3) is 33.2 Å². The minimum atomic E-state index is -0.803. The monoisotopic (exact) mass is 473 g/mol. The Hall–Kier alpha value is -4.06. The number of hydrogen-bond donors (Lipinski definition) is 3. The van der Waals surface area contributed by atoms with E-state index in [2.05, 4.69) is 21.0 Å². The molecule has 9 heteroatoms. The highest BCUT2D eigenvalue weighted by Gasteiger charge is 2.50. The number of aromatic amines is 1. The van der Waals surface area contributed by atoms with Crippen LogP contribution in [0.1, 0.15) is 43.2 Å². The number of halogens is 2. The van der Waals surface area contributed by atoms with E-state index in [9.17, 15) is 23.9 Å². The molecule has 0 unspecified atom stereocenters. The molecule has 2 aromatic heterocycles. The molecule has 176 valence electrons. The molecule has 2 aromatic carbocycles. The fraction of sp³-hybridized carbons (Fsp3) is 0.308. The van der Waals surface area contributed by atoms with Crippen LogP contribution in [0.4, 0.5) is 14.6 Å². The zero-order valence-corrected chi connectivity index (χ0v) is 18.6. The minimum Gasteiger partial charge on any atom is -0.481 e. The average Bonchev–Trinajstić information content (AvgIpc) is 3.28. The number of nitriles is 1. The van der Waals surface area contributed by atoms with Crippen LogP contribution in [-0.2, 0) is 10.2 Å². The van der Waals surface area contributed by atoms with Crippen LogP contribution in [-0.4, -0.2) is 26.0 Å². The molecular weight excluding hydrogens is 452 g/mol. The number of nitrogen functional groups attached to an aromatic ring is 1. The summed E-state index contributed by atoms with van der Waals surface area (Å²) < 4.78 is 28.1. The Morgan fingerprint density at radius 1 is 1.23 bits per heavy atom. The molecule has 0 amide bonds. The zero-order chi connectivity index (χ0) is 24.5. The molecule has 0 saturated heterocycles. The van der Waals surface area contributed by atoms with Gasteiger partial charge in [0.25, 0.3) is 0 Å². The summed E-state index contributed by atoms with van der Waals surface area (Å²) in [5, 5.41) is 20.6. The Kier molecular flexibility index (Phi) is 4.58. The fourth-order valence-corrected chi connectivity index (χ4v) is 6.39. The van der Waals surface area contributed by atoms with Gasteiger partial charge < -0.3 is 15.8 Å². The van der Waals surface area contributed by atoms with E-state index in [1.165, 1.54) is 12.3 Å². The molecule has 1 atom stereocenters. The van der Waals surface area contributed by atoms with Gasteiger partial charge in [-0.15, -0.1) is 0 Å². The molecule has 4 aromatic rings. The van der Waals surface area contributed by atoms with Crippen LogP contribution < -0.4 is 5.73 Å². The number of carboxylic acids is 1. The number of hydrogen-bond acceptors (Lipinski definition) is 5. The Morgan fingerprint density at radius 2 is 2.00 bits per heavy atom. The molecule has 4 N–H and O–H groups in total. The normalized spacial score (nSPS) is 23.6.